The number of rotatable bonds is 6. The average molecular weight is 391 g/mol. The van der Waals surface area contributed by atoms with E-state index in [-0.39, 0.29) is 16.4 Å². The molecule has 0 bridgehead atoms. The highest BCUT2D eigenvalue weighted by Gasteiger charge is 2.18. The van der Waals surface area contributed by atoms with E-state index in [2.05, 4.69) is 10.6 Å². The number of nitrogens with zero attached hydrogens (tertiary/aromatic N) is 1. The molecule has 2 rings (SSSR count). The van der Waals surface area contributed by atoms with Gasteiger partial charge in [0.05, 0.1) is 17.7 Å². The molecule has 2 amide bonds. The number of carbonyl (C=O) groups excluding carboxylic acids is 2. The summed E-state index contributed by atoms with van der Waals surface area (Å²) in [7, 11) is 2.26. The van der Waals surface area contributed by atoms with Gasteiger partial charge in [-0.25, -0.2) is 12.7 Å². The molecule has 0 fully saturated rings. The Bertz CT molecular complexity index is 953. The number of methoxy groups -OCH3 is 1. The molecule has 0 unspecified atom stereocenters. The van der Waals surface area contributed by atoms with E-state index in [4.69, 9.17) is 4.74 Å². The summed E-state index contributed by atoms with van der Waals surface area (Å²) >= 11 is 0. The van der Waals surface area contributed by atoms with Crippen molar-refractivity contribution in [3.05, 3.63) is 53.6 Å². The van der Waals surface area contributed by atoms with Crippen molar-refractivity contribution >= 4 is 27.5 Å². The topological polar surface area (TPSA) is 105 Å². The predicted octanol–water partition coefficient (Wildman–Crippen LogP) is 1.56. The molecule has 8 nitrogen and oxygen atoms in total. The minimum Gasteiger partial charge on any atom is -0.495 e. The van der Waals surface area contributed by atoms with Crippen molar-refractivity contribution in [1.82, 2.24) is 9.62 Å². The van der Waals surface area contributed by atoms with E-state index in [0.717, 1.165) is 4.31 Å². The number of amides is 2. The van der Waals surface area contributed by atoms with Crippen LogP contribution in [0.15, 0.2) is 47.4 Å². The molecule has 0 spiro atoms. The number of carbonyl (C=O) groups is 2. The Morgan fingerprint density at radius 3 is 2.07 bits per heavy atom. The molecular formula is C18H21N3O5S. The third-order valence-corrected chi connectivity index (χ3v) is 5.66. The molecule has 9 heteroatoms. The van der Waals surface area contributed by atoms with E-state index in [1.807, 2.05) is 0 Å². The number of hydrogen-bond acceptors (Lipinski definition) is 5. The van der Waals surface area contributed by atoms with Crippen molar-refractivity contribution in [2.45, 2.75) is 4.90 Å². The van der Waals surface area contributed by atoms with E-state index < -0.39 is 15.9 Å². The predicted molar refractivity (Wildman–Crippen MR) is 102 cm³/mol. The van der Waals surface area contributed by atoms with Gasteiger partial charge in [-0.1, -0.05) is 0 Å². The maximum Gasteiger partial charge on any atom is 0.255 e. The molecule has 0 heterocycles. The zero-order valence-electron chi connectivity index (χ0n) is 15.4. The second kappa shape index (κ2) is 8.19. The van der Waals surface area contributed by atoms with Crippen molar-refractivity contribution in [1.29, 1.82) is 0 Å². The number of anilines is 1. The normalized spacial score (nSPS) is 11.1. The highest BCUT2D eigenvalue weighted by atomic mass is 32.2. The molecule has 0 aliphatic heterocycles. The quantitative estimate of drug-likeness (QED) is 0.778. The summed E-state index contributed by atoms with van der Waals surface area (Å²) in [5.41, 5.74) is 1.07. The molecule has 0 aromatic heterocycles. The van der Waals surface area contributed by atoms with Crippen molar-refractivity contribution in [2.75, 3.05) is 33.6 Å². The summed E-state index contributed by atoms with van der Waals surface area (Å²) in [4.78, 5) is 24.2. The fraction of sp³-hybridized carbons (Fsp3) is 0.222. The third-order valence-electron chi connectivity index (χ3n) is 3.83. The zero-order valence-corrected chi connectivity index (χ0v) is 16.3. The van der Waals surface area contributed by atoms with E-state index in [1.165, 1.54) is 58.6 Å². The van der Waals surface area contributed by atoms with Gasteiger partial charge in [-0.05, 0) is 42.5 Å². The van der Waals surface area contributed by atoms with Gasteiger partial charge in [0.25, 0.3) is 11.8 Å². The first-order valence-electron chi connectivity index (χ1n) is 7.94. The molecule has 27 heavy (non-hydrogen) atoms. The minimum atomic E-state index is -3.56. The molecule has 0 aliphatic rings. The van der Waals surface area contributed by atoms with Gasteiger partial charge in [0.2, 0.25) is 10.0 Å². The van der Waals surface area contributed by atoms with Crippen LogP contribution in [0.25, 0.3) is 0 Å². The number of hydrogen-bond donors (Lipinski definition) is 2. The fourth-order valence-electron chi connectivity index (χ4n) is 2.26. The number of ether oxygens (including phenoxy) is 1. The zero-order chi connectivity index (χ0) is 20.2. The van der Waals surface area contributed by atoms with Crippen molar-refractivity contribution in [3.63, 3.8) is 0 Å². The SMILES string of the molecule is CNC(=O)c1ccc(NC(=O)c2ccc(S(=O)(=O)N(C)C)cc2)c(OC)c1. The lowest BCUT2D eigenvalue weighted by molar-refractivity contribution is 0.0962. The van der Waals surface area contributed by atoms with Crippen LogP contribution < -0.4 is 15.4 Å². The van der Waals surface area contributed by atoms with Crippen LogP contribution in [0.3, 0.4) is 0 Å². The monoisotopic (exact) mass is 391 g/mol. The minimum absolute atomic E-state index is 0.0940. The van der Waals surface area contributed by atoms with Gasteiger partial charge in [-0.15, -0.1) is 0 Å². The molecule has 2 N–H and O–H groups in total. The van der Waals surface area contributed by atoms with Crippen LogP contribution in [-0.2, 0) is 10.0 Å². The Hall–Kier alpha value is -2.91. The van der Waals surface area contributed by atoms with Crippen LogP contribution in [0.2, 0.25) is 0 Å². The Labute approximate surface area is 158 Å². The summed E-state index contributed by atoms with van der Waals surface area (Å²) in [5.74, 6) is -0.380. The maximum absolute atomic E-state index is 12.4. The second-order valence-electron chi connectivity index (χ2n) is 5.76. The molecule has 2 aromatic rings. The Kier molecular flexibility index (Phi) is 6.19. The smallest absolute Gasteiger partial charge is 0.255 e. The standard InChI is InChI=1S/C18H21N3O5S/c1-19-17(22)13-7-10-15(16(11-13)26-4)20-18(23)12-5-8-14(9-6-12)27(24,25)21(2)3/h5-11H,1-4H3,(H,19,22)(H,20,23). The van der Waals surface area contributed by atoms with Gasteiger partial charge in [0.15, 0.2) is 0 Å². The van der Waals surface area contributed by atoms with Crippen LogP contribution in [0.1, 0.15) is 20.7 Å². The molecule has 2 aromatic carbocycles. The van der Waals surface area contributed by atoms with E-state index in [9.17, 15) is 18.0 Å². The molecule has 0 aliphatic carbocycles. The van der Waals surface area contributed by atoms with Crippen molar-refractivity contribution in [3.8, 4) is 5.75 Å². The van der Waals surface area contributed by atoms with E-state index in [1.54, 1.807) is 12.1 Å². The highest BCUT2D eigenvalue weighted by Crippen LogP contribution is 2.26. The summed E-state index contributed by atoms with van der Waals surface area (Å²) in [6.07, 6.45) is 0. The molecule has 0 radical (unpaired) electrons. The van der Waals surface area contributed by atoms with E-state index in [0.29, 0.717) is 17.0 Å². The van der Waals surface area contributed by atoms with Crippen LogP contribution in [-0.4, -0.2) is 52.8 Å². The lowest BCUT2D eigenvalue weighted by Crippen LogP contribution is -2.22. The summed E-state index contributed by atoms with van der Waals surface area (Å²) in [6.45, 7) is 0. The van der Waals surface area contributed by atoms with Gasteiger partial charge < -0.3 is 15.4 Å². The summed E-state index contributed by atoms with van der Waals surface area (Å²) in [5, 5.41) is 5.20. The number of nitrogens with one attached hydrogen (secondary N) is 2. The molecule has 144 valence electrons. The van der Waals surface area contributed by atoms with Gasteiger partial charge in [-0.2, -0.15) is 0 Å². The molecule has 0 saturated carbocycles. The second-order valence-corrected chi connectivity index (χ2v) is 7.91. The van der Waals surface area contributed by atoms with Crippen molar-refractivity contribution in [2.24, 2.45) is 0 Å². The van der Waals surface area contributed by atoms with Gasteiger partial charge in [-0.3, -0.25) is 9.59 Å². The Balaban J connectivity index is 2.24. The molecule has 0 saturated heterocycles. The number of benzene rings is 2. The summed E-state index contributed by atoms with van der Waals surface area (Å²) < 4.78 is 30.5. The van der Waals surface area contributed by atoms with Crippen molar-refractivity contribution < 1.29 is 22.7 Å². The largest absolute Gasteiger partial charge is 0.495 e. The highest BCUT2D eigenvalue weighted by molar-refractivity contribution is 7.89. The van der Waals surface area contributed by atoms with Crippen LogP contribution >= 0.6 is 0 Å². The number of sulfonamides is 1. The van der Waals surface area contributed by atoms with Gasteiger partial charge in [0.1, 0.15) is 5.75 Å². The van der Waals surface area contributed by atoms with Crippen LogP contribution in [0, 0.1) is 0 Å². The first-order chi connectivity index (χ1) is 12.7. The Morgan fingerprint density at radius 2 is 1.56 bits per heavy atom. The molecule has 0 atom stereocenters. The van der Waals surface area contributed by atoms with Gasteiger partial charge in [0, 0.05) is 32.3 Å². The first-order valence-corrected chi connectivity index (χ1v) is 9.38. The third kappa shape index (κ3) is 4.44. The lowest BCUT2D eigenvalue weighted by Gasteiger charge is -2.13. The average Bonchev–Trinajstić information content (AvgIpc) is 2.67. The van der Waals surface area contributed by atoms with E-state index >= 15 is 0 Å². The van der Waals surface area contributed by atoms with Crippen LogP contribution in [0.4, 0.5) is 5.69 Å². The maximum atomic E-state index is 12.4. The fourth-order valence-corrected chi connectivity index (χ4v) is 3.17. The lowest BCUT2D eigenvalue weighted by atomic mass is 10.1. The molecular weight excluding hydrogens is 370 g/mol. The van der Waals surface area contributed by atoms with Gasteiger partial charge >= 0.3 is 0 Å². The summed E-state index contributed by atoms with van der Waals surface area (Å²) in [6, 6.07) is 10.2. The first kappa shape index (κ1) is 20.4. The Morgan fingerprint density at radius 1 is 0.963 bits per heavy atom. The van der Waals surface area contributed by atoms with Crippen LogP contribution in [0.5, 0.6) is 5.75 Å².